The summed E-state index contributed by atoms with van der Waals surface area (Å²) in [6.45, 7) is 3.89. The number of hydrazone groups is 1. The van der Waals surface area contributed by atoms with E-state index >= 15 is 0 Å². The summed E-state index contributed by atoms with van der Waals surface area (Å²) in [5, 5.41) is 7.60. The van der Waals surface area contributed by atoms with Gasteiger partial charge in [-0.15, -0.1) is 0 Å². The molecule has 0 saturated heterocycles. The van der Waals surface area contributed by atoms with Crippen molar-refractivity contribution in [1.82, 2.24) is 5.43 Å². The fourth-order valence-electron chi connectivity index (χ4n) is 2.69. The first-order valence-electron chi connectivity index (χ1n) is 9.72. The SMILES string of the molecule is C/C(=N\NC(=O)C(=O)Nc1ccc(C)cc1)c1ccc(OCc2c(Cl)cccc2Cl)cc1. The zero-order valence-electron chi connectivity index (χ0n) is 17.5. The lowest BCUT2D eigenvalue weighted by Gasteiger charge is -2.10. The molecule has 0 saturated carbocycles. The van der Waals surface area contributed by atoms with Gasteiger partial charge in [0.05, 0.1) is 5.71 Å². The lowest BCUT2D eigenvalue weighted by Crippen LogP contribution is -2.32. The molecule has 0 atom stereocenters. The van der Waals surface area contributed by atoms with Crippen LogP contribution < -0.4 is 15.5 Å². The van der Waals surface area contributed by atoms with Crippen LogP contribution in [0.3, 0.4) is 0 Å². The molecule has 0 heterocycles. The van der Waals surface area contributed by atoms with Gasteiger partial charge >= 0.3 is 11.8 Å². The van der Waals surface area contributed by atoms with E-state index in [1.807, 2.05) is 19.1 Å². The molecule has 0 aliphatic rings. The van der Waals surface area contributed by atoms with Crippen LogP contribution in [-0.2, 0) is 16.2 Å². The summed E-state index contributed by atoms with van der Waals surface area (Å²) in [6, 6.07) is 19.5. The number of nitrogens with one attached hydrogen (secondary N) is 2. The number of anilines is 1. The second-order valence-corrected chi connectivity index (χ2v) is 7.79. The molecule has 6 nitrogen and oxygen atoms in total. The first kappa shape index (κ1) is 23.3. The number of nitrogens with zero attached hydrogens (tertiary/aromatic N) is 1. The van der Waals surface area contributed by atoms with Crippen molar-refractivity contribution in [2.45, 2.75) is 20.5 Å². The first-order valence-corrected chi connectivity index (χ1v) is 10.5. The predicted octanol–water partition coefficient (Wildman–Crippen LogP) is 5.36. The number of carbonyl (C=O) groups excluding carboxylic acids is 2. The van der Waals surface area contributed by atoms with Gasteiger partial charge in [0.1, 0.15) is 12.4 Å². The predicted molar refractivity (Wildman–Crippen MR) is 127 cm³/mol. The van der Waals surface area contributed by atoms with Gasteiger partial charge in [-0.1, -0.05) is 47.0 Å². The summed E-state index contributed by atoms with van der Waals surface area (Å²) < 4.78 is 5.75. The van der Waals surface area contributed by atoms with Gasteiger partial charge in [0.15, 0.2) is 0 Å². The Kier molecular flexibility index (Phi) is 7.87. The molecule has 2 N–H and O–H groups in total. The molecule has 3 rings (SSSR count). The van der Waals surface area contributed by atoms with Crippen LogP contribution in [0.2, 0.25) is 10.0 Å². The third-order valence-corrected chi connectivity index (χ3v) is 5.27. The maximum Gasteiger partial charge on any atom is 0.329 e. The standard InChI is InChI=1S/C24H21Cl2N3O3/c1-15-6-10-18(11-7-15)27-23(30)24(31)29-28-16(2)17-8-12-19(13-9-17)32-14-20-21(25)4-3-5-22(20)26/h3-13H,14H2,1-2H3,(H,27,30)(H,29,31)/b28-16+. The smallest absolute Gasteiger partial charge is 0.329 e. The van der Waals surface area contributed by atoms with Crippen LogP contribution in [0, 0.1) is 6.92 Å². The average molecular weight is 470 g/mol. The van der Waals surface area contributed by atoms with Gasteiger partial charge < -0.3 is 10.1 Å². The third-order valence-electron chi connectivity index (χ3n) is 4.56. The fourth-order valence-corrected chi connectivity index (χ4v) is 3.20. The van der Waals surface area contributed by atoms with Gasteiger partial charge in [0, 0.05) is 21.3 Å². The topological polar surface area (TPSA) is 79.8 Å². The van der Waals surface area contributed by atoms with Crippen molar-refractivity contribution in [3.63, 3.8) is 0 Å². The highest BCUT2D eigenvalue weighted by Crippen LogP contribution is 2.26. The van der Waals surface area contributed by atoms with E-state index in [4.69, 9.17) is 27.9 Å². The summed E-state index contributed by atoms with van der Waals surface area (Å²) in [6.07, 6.45) is 0. The Hall–Kier alpha value is -3.35. The molecule has 0 aliphatic carbocycles. The van der Waals surface area contributed by atoms with E-state index in [2.05, 4.69) is 15.8 Å². The Labute approximate surface area is 196 Å². The molecular formula is C24H21Cl2N3O3. The van der Waals surface area contributed by atoms with Crippen LogP contribution in [0.25, 0.3) is 0 Å². The molecule has 0 bridgehead atoms. The average Bonchev–Trinajstić information content (AvgIpc) is 2.78. The molecule has 2 amide bonds. The number of carbonyl (C=O) groups is 2. The maximum atomic E-state index is 12.0. The van der Waals surface area contributed by atoms with Crippen molar-refractivity contribution in [3.8, 4) is 5.75 Å². The van der Waals surface area contributed by atoms with E-state index in [1.54, 1.807) is 61.5 Å². The monoisotopic (exact) mass is 469 g/mol. The van der Waals surface area contributed by atoms with Crippen LogP contribution >= 0.6 is 23.2 Å². The molecule has 8 heteroatoms. The summed E-state index contributed by atoms with van der Waals surface area (Å²) in [5.74, 6) is -1.03. The van der Waals surface area contributed by atoms with E-state index in [0.29, 0.717) is 32.8 Å². The largest absolute Gasteiger partial charge is 0.489 e. The number of amides is 2. The molecule has 0 spiro atoms. The van der Waals surface area contributed by atoms with Gasteiger partial charge in [-0.05, 0) is 67.9 Å². The minimum absolute atomic E-state index is 0.233. The number of hydrogen-bond acceptors (Lipinski definition) is 4. The normalized spacial score (nSPS) is 11.1. The number of benzene rings is 3. The van der Waals surface area contributed by atoms with E-state index in [9.17, 15) is 9.59 Å². The van der Waals surface area contributed by atoms with Crippen LogP contribution in [-0.4, -0.2) is 17.5 Å². The summed E-state index contributed by atoms with van der Waals surface area (Å²) in [7, 11) is 0. The van der Waals surface area contributed by atoms with E-state index < -0.39 is 11.8 Å². The highest BCUT2D eigenvalue weighted by Gasteiger charge is 2.13. The molecule has 3 aromatic rings. The van der Waals surface area contributed by atoms with Crippen molar-refractivity contribution in [2.75, 3.05) is 5.32 Å². The number of hydrogen-bond donors (Lipinski definition) is 2. The van der Waals surface area contributed by atoms with Crippen LogP contribution in [0.1, 0.15) is 23.6 Å². The second kappa shape index (κ2) is 10.8. The first-order chi connectivity index (χ1) is 15.3. The quantitative estimate of drug-likeness (QED) is 0.289. The zero-order chi connectivity index (χ0) is 23.1. The van der Waals surface area contributed by atoms with Gasteiger partial charge in [-0.2, -0.15) is 5.10 Å². The summed E-state index contributed by atoms with van der Waals surface area (Å²) in [4.78, 5) is 24.0. The van der Waals surface area contributed by atoms with Crippen LogP contribution in [0.15, 0.2) is 71.8 Å². The molecule has 3 aromatic carbocycles. The number of rotatable bonds is 6. The van der Waals surface area contributed by atoms with E-state index in [1.165, 1.54) is 0 Å². The highest BCUT2D eigenvalue weighted by molar-refractivity contribution is 6.39. The Balaban J connectivity index is 1.55. The van der Waals surface area contributed by atoms with E-state index in [0.717, 1.165) is 11.1 Å². The van der Waals surface area contributed by atoms with Crippen molar-refractivity contribution in [2.24, 2.45) is 5.10 Å². The van der Waals surface area contributed by atoms with Crippen molar-refractivity contribution in [3.05, 3.63) is 93.5 Å². The zero-order valence-corrected chi connectivity index (χ0v) is 19.0. The lowest BCUT2D eigenvalue weighted by molar-refractivity contribution is -0.136. The van der Waals surface area contributed by atoms with Crippen molar-refractivity contribution in [1.29, 1.82) is 0 Å². The number of aryl methyl sites for hydroxylation is 1. The van der Waals surface area contributed by atoms with E-state index in [-0.39, 0.29) is 6.61 Å². The maximum absolute atomic E-state index is 12.0. The Bertz CT molecular complexity index is 1120. The highest BCUT2D eigenvalue weighted by atomic mass is 35.5. The Morgan fingerprint density at radius 1 is 0.906 bits per heavy atom. The molecule has 0 aliphatic heterocycles. The fraction of sp³-hybridized carbons (Fsp3) is 0.125. The van der Waals surface area contributed by atoms with Gasteiger partial charge in [-0.3, -0.25) is 9.59 Å². The Morgan fingerprint density at radius 2 is 1.53 bits per heavy atom. The molecule has 0 fully saturated rings. The molecule has 0 radical (unpaired) electrons. The van der Waals surface area contributed by atoms with Crippen LogP contribution in [0.4, 0.5) is 5.69 Å². The molecule has 0 aromatic heterocycles. The minimum Gasteiger partial charge on any atom is -0.489 e. The number of ether oxygens (including phenoxy) is 1. The molecule has 32 heavy (non-hydrogen) atoms. The van der Waals surface area contributed by atoms with Crippen molar-refractivity contribution < 1.29 is 14.3 Å². The molecule has 164 valence electrons. The number of halogens is 2. The van der Waals surface area contributed by atoms with Gasteiger partial charge in [-0.25, -0.2) is 5.43 Å². The Morgan fingerprint density at radius 3 is 2.16 bits per heavy atom. The molecular weight excluding hydrogens is 449 g/mol. The second-order valence-electron chi connectivity index (χ2n) is 6.97. The molecule has 0 unspecified atom stereocenters. The summed E-state index contributed by atoms with van der Waals surface area (Å²) in [5.41, 5.74) is 5.85. The third kappa shape index (κ3) is 6.33. The van der Waals surface area contributed by atoms with Crippen LogP contribution in [0.5, 0.6) is 5.75 Å². The minimum atomic E-state index is -0.860. The van der Waals surface area contributed by atoms with Gasteiger partial charge in [0.25, 0.3) is 0 Å². The summed E-state index contributed by atoms with van der Waals surface area (Å²) >= 11 is 12.3. The van der Waals surface area contributed by atoms with Crippen molar-refractivity contribution >= 4 is 46.4 Å². The van der Waals surface area contributed by atoms with Gasteiger partial charge in [0.2, 0.25) is 0 Å². The lowest BCUT2D eigenvalue weighted by atomic mass is 10.1.